The van der Waals surface area contributed by atoms with Gasteiger partial charge in [0, 0.05) is 22.9 Å². The highest BCUT2D eigenvalue weighted by atomic mass is 35.5. The maximum absolute atomic E-state index is 15.5. The van der Waals surface area contributed by atoms with Crippen molar-refractivity contribution in [2.24, 2.45) is 11.8 Å². The molecule has 1 aromatic heterocycles. The van der Waals surface area contributed by atoms with E-state index in [9.17, 15) is 19.5 Å². The van der Waals surface area contributed by atoms with E-state index >= 15 is 4.79 Å². The van der Waals surface area contributed by atoms with Crippen LogP contribution in [0.15, 0.2) is 124 Å². The number of imide groups is 1. The van der Waals surface area contributed by atoms with Crippen molar-refractivity contribution in [3.63, 3.8) is 0 Å². The van der Waals surface area contributed by atoms with Gasteiger partial charge >= 0.3 is 11.4 Å². The molecule has 0 bridgehead atoms. The summed E-state index contributed by atoms with van der Waals surface area (Å²) in [4.78, 5) is 58.7. The number of nitrogens with one attached hydrogen (secondary N) is 1. The number of hydrazine groups is 1. The zero-order valence-corrected chi connectivity index (χ0v) is 30.1. The Hall–Kier alpha value is -5.98. The van der Waals surface area contributed by atoms with E-state index in [-0.39, 0.29) is 35.8 Å². The number of aromatic hydroxyl groups is 1. The number of carbonyl (C=O) groups is 2. The van der Waals surface area contributed by atoms with E-state index in [0.29, 0.717) is 44.5 Å². The minimum atomic E-state index is -1.57. The first-order valence-electron chi connectivity index (χ1n) is 17.2. The molecule has 3 aliphatic heterocycles. The molecular weight excluding hydrogens is 733 g/mol. The Balaban J connectivity index is 1.28. The number of anilines is 1. The van der Waals surface area contributed by atoms with Gasteiger partial charge in [-0.1, -0.05) is 59.6 Å². The summed E-state index contributed by atoms with van der Waals surface area (Å²) >= 11 is 12.7. The van der Waals surface area contributed by atoms with Gasteiger partial charge in [-0.3, -0.25) is 15.0 Å². The third-order valence-corrected chi connectivity index (χ3v) is 11.6. The SMILES string of the molecule is COc1ccc(C23C(=O)N(Nc4ccc(Cl)cc4Cl)C(=O)C2CC2C(=CCn4c(=O)n(-c5ccccc5)c(=O)n42)C3C2=COc3ccc(O)cc3C2)cc1. The van der Waals surface area contributed by atoms with Crippen molar-refractivity contribution >= 4 is 40.7 Å². The fourth-order valence-electron chi connectivity index (χ4n) is 8.72. The van der Waals surface area contributed by atoms with Gasteiger partial charge in [-0.05, 0) is 83.8 Å². The van der Waals surface area contributed by atoms with Crippen molar-refractivity contribution in [3.05, 3.63) is 157 Å². The molecule has 5 aromatic rings. The normalized spacial score (nSPS) is 22.6. The first-order chi connectivity index (χ1) is 26.1. The van der Waals surface area contributed by atoms with Gasteiger partial charge in [-0.15, -0.1) is 0 Å². The lowest BCUT2D eigenvalue weighted by atomic mass is 9.52. The van der Waals surface area contributed by atoms with Crippen molar-refractivity contribution in [1.82, 2.24) is 18.9 Å². The molecule has 4 aromatic carbocycles. The molecular formula is C40H31Cl2N5O7. The van der Waals surface area contributed by atoms with Crippen LogP contribution in [0, 0.1) is 11.8 Å². The van der Waals surface area contributed by atoms with Crippen LogP contribution in [0.4, 0.5) is 5.69 Å². The van der Waals surface area contributed by atoms with E-state index in [2.05, 4.69) is 5.43 Å². The number of halogens is 2. The third kappa shape index (κ3) is 4.90. The number of rotatable bonds is 6. The Morgan fingerprint density at radius 1 is 0.926 bits per heavy atom. The number of phenolic OH excluding ortho intramolecular Hbond substituents is 1. The maximum atomic E-state index is 15.5. The number of hydrogen-bond donors (Lipinski definition) is 2. The third-order valence-electron chi connectivity index (χ3n) is 11.0. The lowest BCUT2D eigenvalue weighted by molar-refractivity contribution is -0.138. The van der Waals surface area contributed by atoms with Crippen LogP contribution in [0.5, 0.6) is 17.2 Å². The topological polar surface area (TPSA) is 137 Å². The first-order valence-corrected chi connectivity index (χ1v) is 18.0. The average molecular weight is 765 g/mol. The van der Waals surface area contributed by atoms with Crippen LogP contribution in [0.1, 0.15) is 23.6 Å². The summed E-state index contributed by atoms with van der Waals surface area (Å²) in [6, 6.07) is 24.4. The number of fused-ring (bicyclic) bond motifs is 5. The van der Waals surface area contributed by atoms with Gasteiger partial charge in [-0.2, -0.15) is 5.01 Å². The molecule has 14 heteroatoms. The number of carbonyl (C=O) groups excluding carboxylic acids is 2. The monoisotopic (exact) mass is 763 g/mol. The van der Waals surface area contributed by atoms with E-state index in [4.69, 9.17) is 32.7 Å². The molecule has 1 saturated carbocycles. The molecule has 2 amide bonds. The number of hydrogen-bond acceptors (Lipinski definition) is 8. The second-order valence-corrected chi connectivity index (χ2v) is 14.5. The largest absolute Gasteiger partial charge is 0.508 e. The van der Waals surface area contributed by atoms with Gasteiger partial charge in [0.1, 0.15) is 17.2 Å². The van der Waals surface area contributed by atoms with Gasteiger partial charge in [-0.25, -0.2) is 23.5 Å². The maximum Gasteiger partial charge on any atom is 0.352 e. The Morgan fingerprint density at radius 3 is 2.44 bits per heavy atom. The summed E-state index contributed by atoms with van der Waals surface area (Å²) < 4.78 is 15.6. The molecule has 4 heterocycles. The van der Waals surface area contributed by atoms with Crippen LogP contribution >= 0.6 is 23.2 Å². The number of phenols is 1. The van der Waals surface area contributed by atoms with Crippen LogP contribution < -0.4 is 26.3 Å². The highest BCUT2D eigenvalue weighted by molar-refractivity contribution is 6.36. The second-order valence-electron chi connectivity index (χ2n) is 13.7. The molecule has 4 atom stereocenters. The molecule has 1 saturated heterocycles. The smallest absolute Gasteiger partial charge is 0.352 e. The molecule has 0 radical (unpaired) electrons. The van der Waals surface area contributed by atoms with Crippen molar-refractivity contribution in [1.29, 1.82) is 0 Å². The first kappa shape index (κ1) is 33.8. The highest BCUT2D eigenvalue weighted by Crippen LogP contribution is 2.61. The van der Waals surface area contributed by atoms with Crippen molar-refractivity contribution < 1.29 is 24.2 Å². The van der Waals surface area contributed by atoms with E-state index in [1.165, 1.54) is 21.5 Å². The molecule has 1 aliphatic carbocycles. The predicted molar refractivity (Wildman–Crippen MR) is 200 cm³/mol. The fourth-order valence-corrected chi connectivity index (χ4v) is 9.17. The summed E-state index contributed by atoms with van der Waals surface area (Å²) in [7, 11) is 1.54. The van der Waals surface area contributed by atoms with Crippen molar-refractivity contribution in [2.75, 3.05) is 12.5 Å². The second kappa shape index (κ2) is 12.6. The van der Waals surface area contributed by atoms with Crippen molar-refractivity contribution in [3.8, 4) is 22.9 Å². The number of ether oxygens (including phenoxy) is 2. The number of para-hydroxylation sites is 1. The molecule has 4 aliphatic rings. The van der Waals surface area contributed by atoms with Crippen LogP contribution in [0.2, 0.25) is 10.0 Å². The lowest BCUT2D eigenvalue weighted by Gasteiger charge is -2.49. The minimum absolute atomic E-state index is 0.00906. The molecule has 12 nitrogen and oxygen atoms in total. The Kier molecular flexibility index (Phi) is 7.87. The van der Waals surface area contributed by atoms with Gasteiger partial charge in [0.15, 0.2) is 0 Å². The van der Waals surface area contributed by atoms with Crippen LogP contribution in [0.3, 0.4) is 0 Å². The Morgan fingerprint density at radius 2 is 1.70 bits per heavy atom. The standard InChI is InChI=1S/C40H31Cl2N5O7/c1-53-28-11-7-24(8-12-28)40-30(36(49)46(37(40)50)43-32-13-9-25(41)19-31(32)42)20-33-29(35(40)23-17-22-18-27(48)10-14-34(22)54-21-23)15-16-44-38(51)45(39(52)47(33)44)26-5-3-2-4-6-26/h2-15,18-19,21,30,33,35,43,48H,16-17,20H2,1H3. The van der Waals surface area contributed by atoms with Gasteiger partial charge in [0.25, 0.3) is 11.8 Å². The zero-order valence-electron chi connectivity index (χ0n) is 28.6. The minimum Gasteiger partial charge on any atom is -0.508 e. The van der Waals surface area contributed by atoms with Crippen molar-refractivity contribution in [2.45, 2.75) is 30.8 Å². The van der Waals surface area contributed by atoms with Crippen LogP contribution in [-0.2, 0) is 28.0 Å². The Labute approximate surface area is 317 Å². The number of methoxy groups -OCH3 is 1. The molecule has 272 valence electrons. The number of benzene rings is 4. The molecule has 0 spiro atoms. The Bertz CT molecular complexity index is 2580. The molecule has 54 heavy (non-hydrogen) atoms. The highest BCUT2D eigenvalue weighted by Gasteiger charge is 2.69. The lowest BCUT2D eigenvalue weighted by Crippen LogP contribution is -2.55. The molecule has 4 unspecified atom stereocenters. The van der Waals surface area contributed by atoms with E-state index in [0.717, 1.165) is 9.58 Å². The summed E-state index contributed by atoms with van der Waals surface area (Å²) in [6.07, 6.45) is 3.75. The van der Waals surface area contributed by atoms with Gasteiger partial charge in [0.2, 0.25) is 0 Å². The summed E-state index contributed by atoms with van der Waals surface area (Å²) in [6.45, 7) is 0.0373. The fraction of sp³-hybridized carbons (Fsp3) is 0.200. The number of aromatic nitrogens is 3. The summed E-state index contributed by atoms with van der Waals surface area (Å²) in [5.41, 5.74) is 3.56. The molecule has 2 N–H and O–H groups in total. The summed E-state index contributed by atoms with van der Waals surface area (Å²) in [5, 5.41) is 12.0. The van der Waals surface area contributed by atoms with E-state index in [1.807, 2.05) is 6.08 Å². The molecule has 2 fully saturated rings. The van der Waals surface area contributed by atoms with Crippen LogP contribution in [0.25, 0.3) is 5.69 Å². The van der Waals surface area contributed by atoms with E-state index in [1.54, 1.807) is 92.2 Å². The number of allylic oxidation sites excluding steroid dienone is 3. The average Bonchev–Trinajstić information content (AvgIpc) is 3.56. The predicted octanol–water partition coefficient (Wildman–Crippen LogP) is 5.79. The zero-order chi connectivity index (χ0) is 37.5. The number of nitrogens with zero attached hydrogens (tertiary/aromatic N) is 4. The van der Waals surface area contributed by atoms with Crippen LogP contribution in [-0.4, -0.2) is 43.0 Å². The molecule has 9 rings (SSSR count). The quantitative estimate of drug-likeness (QED) is 0.164. The van der Waals surface area contributed by atoms with Gasteiger partial charge in [0.05, 0.1) is 53.7 Å². The van der Waals surface area contributed by atoms with Gasteiger partial charge < -0.3 is 14.6 Å². The number of amides is 2. The van der Waals surface area contributed by atoms with E-state index < -0.39 is 46.5 Å². The summed E-state index contributed by atoms with van der Waals surface area (Å²) in [5.74, 6) is -1.87.